The summed E-state index contributed by atoms with van der Waals surface area (Å²) in [7, 11) is 0. The molecule has 1 fully saturated rings. The van der Waals surface area contributed by atoms with Gasteiger partial charge in [-0.05, 0) is 66.6 Å². The Morgan fingerprint density at radius 2 is 1.85 bits per heavy atom. The number of carbonyl (C=O) groups is 1. The first-order valence-electron chi connectivity index (χ1n) is 10.2. The molecule has 0 unspecified atom stereocenters. The van der Waals surface area contributed by atoms with Crippen molar-refractivity contribution in [3.8, 4) is 11.5 Å². The van der Waals surface area contributed by atoms with Gasteiger partial charge in [-0.3, -0.25) is 9.69 Å². The molecule has 0 aliphatic carbocycles. The van der Waals surface area contributed by atoms with Crippen LogP contribution in [0.1, 0.15) is 18.1 Å². The predicted octanol–water partition coefficient (Wildman–Crippen LogP) is 7.52. The fourth-order valence-corrected chi connectivity index (χ4v) is 4.87. The summed E-state index contributed by atoms with van der Waals surface area (Å²) in [5.74, 6) is 0.348. The molecule has 0 N–H and O–H groups in total. The van der Waals surface area contributed by atoms with E-state index in [0.717, 1.165) is 22.9 Å². The fraction of sp³-hybridized carbons (Fsp3) is 0.120. The van der Waals surface area contributed by atoms with E-state index >= 15 is 0 Å². The van der Waals surface area contributed by atoms with E-state index in [0.29, 0.717) is 43.1 Å². The van der Waals surface area contributed by atoms with E-state index in [1.165, 1.54) is 23.1 Å². The van der Waals surface area contributed by atoms with Gasteiger partial charge >= 0.3 is 0 Å². The van der Waals surface area contributed by atoms with Crippen LogP contribution in [0.4, 0.5) is 10.1 Å². The average Bonchev–Trinajstić information content (AvgIpc) is 3.08. The maximum absolute atomic E-state index is 13.6. The number of nitrogens with zero attached hydrogens (tertiary/aromatic N) is 1. The van der Waals surface area contributed by atoms with Gasteiger partial charge in [0.2, 0.25) is 0 Å². The average molecular weight is 534 g/mol. The number of amides is 1. The quantitative estimate of drug-likeness (QED) is 0.232. The zero-order chi connectivity index (χ0) is 24.2. The number of rotatable bonds is 7. The smallest absolute Gasteiger partial charge is 0.270 e. The van der Waals surface area contributed by atoms with Gasteiger partial charge in [-0.25, -0.2) is 4.39 Å². The summed E-state index contributed by atoms with van der Waals surface area (Å²) < 4.78 is 25.7. The van der Waals surface area contributed by atoms with Crippen LogP contribution in [0.15, 0.2) is 65.6 Å². The van der Waals surface area contributed by atoms with Crippen LogP contribution in [0.2, 0.25) is 10.0 Å². The van der Waals surface area contributed by atoms with Crippen LogP contribution < -0.4 is 14.4 Å². The maximum atomic E-state index is 13.6. The van der Waals surface area contributed by atoms with Crippen LogP contribution in [0.5, 0.6) is 11.5 Å². The van der Waals surface area contributed by atoms with Crippen LogP contribution >= 0.6 is 47.2 Å². The summed E-state index contributed by atoms with van der Waals surface area (Å²) in [5, 5.41) is 0.936. The van der Waals surface area contributed by atoms with E-state index in [4.69, 9.17) is 44.9 Å². The van der Waals surface area contributed by atoms with Crippen molar-refractivity contribution in [2.75, 3.05) is 11.5 Å². The number of anilines is 1. The lowest BCUT2D eigenvalue weighted by atomic mass is 10.1. The number of ether oxygens (including phenoxy) is 2. The highest BCUT2D eigenvalue weighted by Crippen LogP contribution is 2.37. The van der Waals surface area contributed by atoms with Gasteiger partial charge in [0.25, 0.3) is 5.91 Å². The van der Waals surface area contributed by atoms with E-state index in [-0.39, 0.29) is 12.5 Å². The Kier molecular flexibility index (Phi) is 7.78. The first-order chi connectivity index (χ1) is 16.4. The number of halogens is 3. The van der Waals surface area contributed by atoms with Crippen molar-refractivity contribution >= 4 is 69.2 Å². The largest absolute Gasteiger partial charge is 0.490 e. The molecule has 4 nitrogen and oxygen atoms in total. The highest BCUT2D eigenvalue weighted by Gasteiger charge is 2.33. The molecule has 1 saturated heterocycles. The summed E-state index contributed by atoms with van der Waals surface area (Å²) in [6, 6.07) is 16.5. The SMILES string of the molecule is CCOc1cc(/C=C2\SC(=S)N(c3cccc(F)c3)C2=O)ccc1OCc1ccc(Cl)c(Cl)c1. The van der Waals surface area contributed by atoms with Crippen molar-refractivity contribution in [3.05, 3.63) is 92.6 Å². The zero-order valence-corrected chi connectivity index (χ0v) is 21.0. The van der Waals surface area contributed by atoms with Crippen molar-refractivity contribution in [1.29, 1.82) is 0 Å². The Hall–Kier alpha value is -2.58. The highest BCUT2D eigenvalue weighted by atomic mass is 35.5. The minimum absolute atomic E-state index is 0.280. The van der Waals surface area contributed by atoms with Gasteiger partial charge in [0.1, 0.15) is 12.4 Å². The van der Waals surface area contributed by atoms with Crippen LogP contribution in [0.25, 0.3) is 6.08 Å². The highest BCUT2D eigenvalue weighted by molar-refractivity contribution is 8.27. The molecule has 0 radical (unpaired) electrons. The summed E-state index contributed by atoms with van der Waals surface area (Å²) >= 11 is 18.6. The molecule has 9 heteroatoms. The lowest BCUT2D eigenvalue weighted by Crippen LogP contribution is -2.27. The molecule has 1 aliphatic rings. The van der Waals surface area contributed by atoms with Crippen LogP contribution in [-0.4, -0.2) is 16.8 Å². The van der Waals surface area contributed by atoms with E-state index in [1.54, 1.807) is 36.4 Å². The molecule has 1 heterocycles. The van der Waals surface area contributed by atoms with E-state index < -0.39 is 5.82 Å². The monoisotopic (exact) mass is 533 g/mol. The number of thiocarbonyl (C=S) groups is 1. The second kappa shape index (κ2) is 10.8. The molecule has 174 valence electrons. The lowest BCUT2D eigenvalue weighted by molar-refractivity contribution is -0.113. The van der Waals surface area contributed by atoms with E-state index in [1.807, 2.05) is 19.1 Å². The van der Waals surface area contributed by atoms with Gasteiger partial charge in [-0.15, -0.1) is 0 Å². The molecule has 0 atom stereocenters. The zero-order valence-electron chi connectivity index (χ0n) is 17.9. The second-order valence-electron chi connectivity index (χ2n) is 7.17. The minimum Gasteiger partial charge on any atom is -0.490 e. The van der Waals surface area contributed by atoms with E-state index in [2.05, 4.69) is 0 Å². The summed E-state index contributed by atoms with van der Waals surface area (Å²) in [4.78, 5) is 14.7. The van der Waals surface area contributed by atoms with E-state index in [9.17, 15) is 9.18 Å². The van der Waals surface area contributed by atoms with Gasteiger partial charge in [0.05, 0.1) is 27.2 Å². The maximum Gasteiger partial charge on any atom is 0.270 e. The summed E-state index contributed by atoms with van der Waals surface area (Å²) in [5.41, 5.74) is 2.00. The van der Waals surface area contributed by atoms with Gasteiger partial charge < -0.3 is 9.47 Å². The molecular formula is C25H18Cl2FNO3S2. The Labute approximate surface area is 216 Å². The third kappa shape index (κ3) is 5.55. The van der Waals surface area contributed by atoms with Gasteiger partial charge in [0.15, 0.2) is 15.8 Å². The van der Waals surface area contributed by atoms with Crippen LogP contribution in [0.3, 0.4) is 0 Å². The molecule has 4 rings (SSSR count). The number of hydrogen-bond acceptors (Lipinski definition) is 5. The van der Waals surface area contributed by atoms with Crippen LogP contribution in [0, 0.1) is 5.82 Å². The predicted molar refractivity (Wildman–Crippen MR) is 140 cm³/mol. The molecule has 3 aromatic carbocycles. The Balaban J connectivity index is 1.55. The number of carbonyl (C=O) groups excluding carboxylic acids is 1. The number of benzene rings is 3. The minimum atomic E-state index is -0.437. The third-order valence-electron chi connectivity index (χ3n) is 4.80. The van der Waals surface area contributed by atoms with Crippen molar-refractivity contribution in [2.24, 2.45) is 0 Å². The van der Waals surface area contributed by atoms with Crippen molar-refractivity contribution in [3.63, 3.8) is 0 Å². The lowest BCUT2D eigenvalue weighted by Gasteiger charge is -2.14. The number of thioether (sulfide) groups is 1. The van der Waals surface area contributed by atoms with Crippen molar-refractivity contribution < 1.29 is 18.7 Å². The van der Waals surface area contributed by atoms with Crippen LogP contribution in [-0.2, 0) is 11.4 Å². The Morgan fingerprint density at radius 1 is 1.03 bits per heavy atom. The normalized spacial score (nSPS) is 14.7. The molecule has 1 aliphatic heterocycles. The Morgan fingerprint density at radius 3 is 2.59 bits per heavy atom. The topological polar surface area (TPSA) is 38.8 Å². The second-order valence-corrected chi connectivity index (χ2v) is 9.66. The number of hydrogen-bond donors (Lipinski definition) is 0. The first-order valence-corrected chi connectivity index (χ1v) is 12.2. The fourth-order valence-electron chi connectivity index (χ4n) is 3.25. The first kappa shape index (κ1) is 24.5. The standard InChI is InChI=1S/C25H18Cl2FNO3S2/c1-2-31-22-11-15(7-9-21(22)32-14-16-6-8-19(26)20(27)10-16)12-23-24(30)29(25(33)34-23)18-5-3-4-17(28)13-18/h3-13H,2,14H2,1H3/b23-12-. The Bertz CT molecular complexity index is 1300. The van der Waals surface area contributed by atoms with Crippen molar-refractivity contribution in [1.82, 2.24) is 0 Å². The molecule has 3 aromatic rings. The molecule has 0 spiro atoms. The molecule has 0 bridgehead atoms. The van der Waals surface area contributed by atoms with Gasteiger partial charge in [0, 0.05) is 0 Å². The molecule has 0 saturated carbocycles. The summed E-state index contributed by atoms with van der Waals surface area (Å²) in [6.07, 6.45) is 1.73. The molecular weight excluding hydrogens is 516 g/mol. The van der Waals surface area contributed by atoms with Gasteiger partial charge in [-0.2, -0.15) is 0 Å². The summed E-state index contributed by atoms with van der Waals surface area (Å²) in [6.45, 7) is 2.59. The molecule has 34 heavy (non-hydrogen) atoms. The molecule has 0 aromatic heterocycles. The third-order valence-corrected chi connectivity index (χ3v) is 6.85. The van der Waals surface area contributed by atoms with Crippen molar-refractivity contribution in [2.45, 2.75) is 13.5 Å². The van der Waals surface area contributed by atoms with Gasteiger partial charge in [-0.1, -0.05) is 65.4 Å². The molecule has 1 amide bonds.